The van der Waals surface area contributed by atoms with Crippen LogP contribution in [0.1, 0.15) is 18.0 Å². The smallest absolute Gasteiger partial charge is 0.163 e. The maximum absolute atomic E-state index is 13.6. The Bertz CT molecular complexity index is 361. The zero-order chi connectivity index (χ0) is 13.4. The monoisotopic (exact) mass is 259 g/mol. The normalized spacial score (nSPS) is 12.7. The summed E-state index contributed by atoms with van der Waals surface area (Å²) in [6.07, 6.45) is 0.776. The molecule has 0 saturated heterocycles. The molecular formula is C13H19F2NO2. The molecule has 1 atom stereocenters. The average Bonchev–Trinajstić information content (AvgIpc) is 2.38. The van der Waals surface area contributed by atoms with Gasteiger partial charge in [0.25, 0.3) is 0 Å². The molecule has 1 unspecified atom stereocenters. The van der Waals surface area contributed by atoms with Gasteiger partial charge in [0, 0.05) is 25.9 Å². The third-order valence-electron chi connectivity index (χ3n) is 2.63. The van der Waals surface area contributed by atoms with Crippen molar-refractivity contribution in [3.8, 4) is 0 Å². The minimum Gasteiger partial charge on any atom is -0.385 e. The number of nitrogens with one attached hydrogen (secondary N) is 1. The van der Waals surface area contributed by atoms with Gasteiger partial charge < -0.3 is 14.8 Å². The highest BCUT2D eigenvalue weighted by molar-refractivity contribution is 5.22. The van der Waals surface area contributed by atoms with Gasteiger partial charge in [-0.15, -0.1) is 0 Å². The molecular weight excluding hydrogens is 240 g/mol. The summed E-state index contributed by atoms with van der Waals surface area (Å²) >= 11 is 0. The molecule has 0 aliphatic rings. The van der Waals surface area contributed by atoms with Crippen molar-refractivity contribution in [2.45, 2.75) is 12.5 Å². The minimum atomic E-state index is -0.841. The molecule has 0 heterocycles. The number of benzene rings is 1. The quantitative estimate of drug-likeness (QED) is 0.726. The summed E-state index contributed by atoms with van der Waals surface area (Å²) in [6.45, 7) is 1.45. The van der Waals surface area contributed by atoms with Crippen LogP contribution in [-0.4, -0.2) is 34.0 Å². The van der Waals surface area contributed by atoms with E-state index in [2.05, 4.69) is 5.32 Å². The molecule has 5 heteroatoms. The summed E-state index contributed by atoms with van der Waals surface area (Å²) in [4.78, 5) is 0. The van der Waals surface area contributed by atoms with Gasteiger partial charge in [-0.2, -0.15) is 0 Å². The Morgan fingerprint density at radius 1 is 1.28 bits per heavy atom. The van der Waals surface area contributed by atoms with E-state index >= 15 is 0 Å². The Morgan fingerprint density at radius 2 is 2.06 bits per heavy atom. The van der Waals surface area contributed by atoms with Crippen LogP contribution < -0.4 is 5.32 Å². The molecule has 1 aromatic carbocycles. The van der Waals surface area contributed by atoms with Gasteiger partial charge in [0.1, 0.15) is 0 Å². The summed E-state index contributed by atoms with van der Waals surface area (Å²) in [5.41, 5.74) is 0.282. The van der Waals surface area contributed by atoms with Crippen LogP contribution in [0.25, 0.3) is 0 Å². The zero-order valence-electron chi connectivity index (χ0n) is 10.7. The molecule has 18 heavy (non-hydrogen) atoms. The number of hydrogen-bond donors (Lipinski definition) is 1. The molecule has 1 N–H and O–H groups in total. The van der Waals surface area contributed by atoms with Crippen molar-refractivity contribution in [1.29, 1.82) is 0 Å². The number of halogens is 2. The third kappa shape index (κ3) is 4.33. The molecule has 1 aromatic rings. The molecule has 0 bridgehead atoms. The van der Waals surface area contributed by atoms with Crippen LogP contribution in [0.15, 0.2) is 18.2 Å². The molecule has 0 aliphatic carbocycles. The van der Waals surface area contributed by atoms with E-state index in [4.69, 9.17) is 9.47 Å². The molecule has 0 spiro atoms. The van der Waals surface area contributed by atoms with Gasteiger partial charge in [0.15, 0.2) is 11.6 Å². The van der Waals surface area contributed by atoms with Crippen LogP contribution in [0.2, 0.25) is 0 Å². The summed E-state index contributed by atoms with van der Waals surface area (Å²) < 4.78 is 37.0. The van der Waals surface area contributed by atoms with Crippen LogP contribution >= 0.6 is 0 Å². The van der Waals surface area contributed by atoms with Crippen molar-refractivity contribution < 1.29 is 18.3 Å². The van der Waals surface area contributed by atoms with E-state index in [1.54, 1.807) is 20.2 Å². The van der Waals surface area contributed by atoms with Crippen LogP contribution in [0.4, 0.5) is 8.78 Å². The maximum Gasteiger partial charge on any atom is 0.163 e. The molecule has 0 aliphatic heterocycles. The highest BCUT2D eigenvalue weighted by atomic mass is 19.2. The molecule has 0 saturated carbocycles. The second kappa shape index (κ2) is 8.13. The summed E-state index contributed by atoms with van der Waals surface area (Å²) in [5, 5.41) is 2.91. The molecule has 1 rings (SSSR count). The van der Waals surface area contributed by atoms with E-state index in [1.165, 1.54) is 6.07 Å². The van der Waals surface area contributed by atoms with Gasteiger partial charge in [-0.1, -0.05) is 12.1 Å². The molecule has 0 fully saturated rings. The van der Waals surface area contributed by atoms with Crippen molar-refractivity contribution in [3.63, 3.8) is 0 Å². The van der Waals surface area contributed by atoms with Crippen molar-refractivity contribution in [2.24, 2.45) is 0 Å². The summed E-state index contributed by atoms with van der Waals surface area (Å²) in [5.74, 6) is -1.66. The van der Waals surface area contributed by atoms with Crippen molar-refractivity contribution in [2.75, 3.05) is 34.0 Å². The standard InChI is InChI=1S/C13H19F2NO2/c1-16-12(9-18-8-4-7-17-2)10-5-3-6-11(14)13(10)15/h3,5-6,12,16H,4,7-9H2,1-2H3. The number of methoxy groups -OCH3 is 1. The fraction of sp³-hybridized carbons (Fsp3) is 0.538. The Balaban J connectivity index is 2.52. The summed E-state index contributed by atoms with van der Waals surface area (Å²) in [7, 11) is 3.31. The molecule has 102 valence electrons. The van der Waals surface area contributed by atoms with Crippen LogP contribution in [0.5, 0.6) is 0 Å². The van der Waals surface area contributed by atoms with Crippen LogP contribution in [-0.2, 0) is 9.47 Å². The van der Waals surface area contributed by atoms with Gasteiger partial charge in [-0.25, -0.2) is 8.78 Å². The van der Waals surface area contributed by atoms with Gasteiger partial charge >= 0.3 is 0 Å². The SMILES string of the molecule is CNC(COCCCOC)c1cccc(F)c1F. The predicted molar refractivity (Wildman–Crippen MR) is 65.5 cm³/mol. The Labute approximate surface area is 106 Å². The van der Waals surface area contributed by atoms with Crippen LogP contribution in [0.3, 0.4) is 0 Å². The van der Waals surface area contributed by atoms with E-state index < -0.39 is 11.6 Å². The van der Waals surface area contributed by atoms with Crippen molar-refractivity contribution in [1.82, 2.24) is 5.32 Å². The molecule has 0 amide bonds. The van der Waals surface area contributed by atoms with E-state index in [9.17, 15) is 8.78 Å². The summed E-state index contributed by atoms with van der Waals surface area (Å²) in [6, 6.07) is 3.79. The Hall–Kier alpha value is -1.04. The largest absolute Gasteiger partial charge is 0.385 e. The first kappa shape index (κ1) is 15.0. The van der Waals surface area contributed by atoms with E-state index in [1.807, 2.05) is 0 Å². The van der Waals surface area contributed by atoms with E-state index in [0.717, 1.165) is 12.5 Å². The first-order chi connectivity index (χ1) is 8.70. The highest BCUT2D eigenvalue weighted by Crippen LogP contribution is 2.19. The lowest BCUT2D eigenvalue weighted by atomic mass is 10.1. The van der Waals surface area contributed by atoms with Gasteiger partial charge in [-0.05, 0) is 19.5 Å². The predicted octanol–water partition coefficient (Wildman–Crippen LogP) is 2.28. The zero-order valence-corrected chi connectivity index (χ0v) is 10.7. The highest BCUT2D eigenvalue weighted by Gasteiger charge is 2.16. The Morgan fingerprint density at radius 3 is 2.72 bits per heavy atom. The lowest BCUT2D eigenvalue weighted by molar-refractivity contribution is 0.0881. The molecule has 3 nitrogen and oxygen atoms in total. The van der Waals surface area contributed by atoms with Crippen molar-refractivity contribution in [3.05, 3.63) is 35.4 Å². The lowest BCUT2D eigenvalue weighted by Gasteiger charge is -2.17. The second-order valence-corrected chi connectivity index (χ2v) is 3.91. The number of rotatable bonds is 8. The fourth-order valence-electron chi connectivity index (χ4n) is 1.62. The number of ether oxygens (including phenoxy) is 2. The van der Waals surface area contributed by atoms with Gasteiger partial charge in [0.2, 0.25) is 0 Å². The van der Waals surface area contributed by atoms with E-state index in [0.29, 0.717) is 19.8 Å². The first-order valence-corrected chi connectivity index (χ1v) is 5.88. The average molecular weight is 259 g/mol. The third-order valence-corrected chi connectivity index (χ3v) is 2.63. The molecule has 0 radical (unpaired) electrons. The van der Waals surface area contributed by atoms with Gasteiger partial charge in [0.05, 0.1) is 12.6 Å². The second-order valence-electron chi connectivity index (χ2n) is 3.91. The topological polar surface area (TPSA) is 30.5 Å². The fourth-order valence-corrected chi connectivity index (χ4v) is 1.62. The van der Waals surface area contributed by atoms with E-state index in [-0.39, 0.29) is 11.6 Å². The van der Waals surface area contributed by atoms with Crippen molar-refractivity contribution >= 4 is 0 Å². The van der Waals surface area contributed by atoms with Crippen LogP contribution in [0, 0.1) is 11.6 Å². The van der Waals surface area contributed by atoms with Gasteiger partial charge in [-0.3, -0.25) is 0 Å². The maximum atomic E-state index is 13.6. The number of hydrogen-bond acceptors (Lipinski definition) is 3. The minimum absolute atomic E-state index is 0.282. The first-order valence-electron chi connectivity index (χ1n) is 5.88. The molecule has 0 aromatic heterocycles. The lowest BCUT2D eigenvalue weighted by Crippen LogP contribution is -2.23. The Kier molecular flexibility index (Phi) is 6.78. The number of likely N-dealkylation sites (N-methyl/N-ethyl adjacent to an activating group) is 1.